The van der Waals surface area contributed by atoms with E-state index < -0.39 is 11.6 Å². The molecule has 24 heavy (non-hydrogen) atoms. The molecule has 3 N–H and O–H groups in total. The first kappa shape index (κ1) is 16.5. The number of fused-ring (bicyclic) bond motifs is 1. The molecule has 2 aliphatic rings. The van der Waals surface area contributed by atoms with Crippen LogP contribution in [0.15, 0.2) is 24.3 Å². The second kappa shape index (κ2) is 7.04. The molecule has 0 spiro atoms. The van der Waals surface area contributed by atoms with Gasteiger partial charge in [-0.3, -0.25) is 4.79 Å². The molecule has 0 aliphatic carbocycles. The lowest BCUT2D eigenvalue weighted by Gasteiger charge is -2.32. The summed E-state index contributed by atoms with van der Waals surface area (Å²) >= 11 is 0. The van der Waals surface area contributed by atoms with Gasteiger partial charge in [-0.15, -0.1) is 0 Å². The first-order valence-electron chi connectivity index (χ1n) is 8.10. The molecule has 1 amide bonds. The predicted octanol–water partition coefficient (Wildman–Crippen LogP) is 1.15. The molecule has 1 saturated heterocycles. The van der Waals surface area contributed by atoms with Crippen LogP contribution >= 0.6 is 0 Å². The fourth-order valence-corrected chi connectivity index (χ4v) is 2.91. The van der Waals surface area contributed by atoms with E-state index in [1.54, 1.807) is 0 Å². The lowest BCUT2D eigenvalue weighted by Crippen LogP contribution is -2.58. The van der Waals surface area contributed by atoms with E-state index in [0.29, 0.717) is 39.1 Å². The van der Waals surface area contributed by atoms with E-state index in [-0.39, 0.29) is 5.91 Å². The molecule has 0 bridgehead atoms. The van der Waals surface area contributed by atoms with Crippen molar-refractivity contribution in [3.8, 4) is 11.8 Å². The highest BCUT2D eigenvalue weighted by Gasteiger charge is 2.36. The number of carbonyl (C=O) groups excluding carboxylic acids is 1. The molecule has 0 saturated carbocycles. The summed E-state index contributed by atoms with van der Waals surface area (Å²) in [6, 6.07) is 7.34. The van der Waals surface area contributed by atoms with Crippen LogP contribution in [0.2, 0.25) is 0 Å². The van der Waals surface area contributed by atoms with Gasteiger partial charge in [0.25, 0.3) is 0 Å². The highest BCUT2D eigenvalue weighted by molar-refractivity contribution is 5.86. The van der Waals surface area contributed by atoms with Crippen LogP contribution in [0.5, 0.6) is 5.75 Å². The number of hydrogen-bond acceptors (Lipinski definition) is 5. The van der Waals surface area contributed by atoms with Crippen molar-refractivity contribution in [2.45, 2.75) is 30.8 Å². The molecule has 1 aromatic carbocycles. The zero-order chi connectivity index (χ0) is 17.0. The fourth-order valence-electron chi connectivity index (χ4n) is 2.91. The van der Waals surface area contributed by atoms with Crippen molar-refractivity contribution in [2.24, 2.45) is 5.73 Å². The van der Waals surface area contributed by atoms with Gasteiger partial charge in [-0.2, -0.15) is 5.26 Å². The van der Waals surface area contributed by atoms with Crippen LogP contribution in [-0.2, 0) is 16.0 Å². The monoisotopic (exact) mass is 327 g/mol. The van der Waals surface area contributed by atoms with Gasteiger partial charge in [0.2, 0.25) is 5.91 Å². The molecule has 6 heteroatoms. The van der Waals surface area contributed by atoms with Crippen LogP contribution < -0.4 is 15.8 Å². The number of nitriles is 1. The quantitative estimate of drug-likeness (QED) is 0.864. The zero-order valence-corrected chi connectivity index (χ0v) is 13.5. The van der Waals surface area contributed by atoms with Crippen molar-refractivity contribution in [1.82, 2.24) is 5.32 Å². The summed E-state index contributed by atoms with van der Waals surface area (Å²) in [4.78, 5) is 12.4. The second-order valence-electron chi connectivity index (χ2n) is 6.21. The summed E-state index contributed by atoms with van der Waals surface area (Å²) in [6.07, 6.45) is 5.31. The molecular weight excluding hydrogens is 306 g/mol. The summed E-state index contributed by atoms with van der Waals surface area (Å²) < 4.78 is 10.8. The normalized spacial score (nSPS) is 19.5. The van der Waals surface area contributed by atoms with Crippen molar-refractivity contribution >= 4 is 12.0 Å². The highest BCUT2D eigenvalue weighted by atomic mass is 16.5. The average molecular weight is 327 g/mol. The molecule has 0 radical (unpaired) electrons. The maximum atomic E-state index is 12.4. The molecule has 0 aromatic heterocycles. The van der Waals surface area contributed by atoms with Crippen molar-refractivity contribution in [3.63, 3.8) is 0 Å². The Labute approximate surface area is 141 Å². The molecule has 0 unspecified atom stereocenters. The Bertz CT molecular complexity index is 687. The Hall–Kier alpha value is -2.36. The van der Waals surface area contributed by atoms with Gasteiger partial charge in [0.15, 0.2) is 0 Å². The number of amides is 1. The Morgan fingerprint density at radius 1 is 1.42 bits per heavy atom. The highest BCUT2D eigenvalue weighted by Crippen LogP contribution is 2.25. The van der Waals surface area contributed by atoms with Gasteiger partial charge in [-0.1, -0.05) is 18.2 Å². The minimum atomic E-state index is -0.947. The third-order valence-electron chi connectivity index (χ3n) is 4.45. The maximum absolute atomic E-state index is 12.4. The minimum absolute atomic E-state index is 0.283. The van der Waals surface area contributed by atoms with Crippen molar-refractivity contribution in [1.29, 1.82) is 5.26 Å². The summed E-state index contributed by atoms with van der Waals surface area (Å²) in [6.45, 7) is 1.49. The molecule has 1 aromatic rings. The topological polar surface area (TPSA) is 97.4 Å². The molecule has 2 aliphatic heterocycles. The lowest BCUT2D eigenvalue weighted by molar-refractivity contribution is -0.130. The van der Waals surface area contributed by atoms with Gasteiger partial charge < -0.3 is 20.5 Å². The van der Waals surface area contributed by atoms with E-state index in [4.69, 9.17) is 15.2 Å². The third-order valence-corrected chi connectivity index (χ3v) is 4.45. The summed E-state index contributed by atoms with van der Waals surface area (Å²) in [5.74, 6) is 0.521. The third kappa shape index (κ3) is 3.58. The van der Waals surface area contributed by atoms with Gasteiger partial charge in [-0.25, -0.2) is 0 Å². The van der Waals surface area contributed by atoms with E-state index in [0.717, 1.165) is 16.9 Å². The maximum Gasteiger partial charge on any atom is 0.241 e. The molecule has 2 heterocycles. The number of nitrogens with one attached hydrogen (secondary N) is 1. The van der Waals surface area contributed by atoms with Crippen LogP contribution in [-0.4, -0.2) is 37.3 Å². The lowest BCUT2D eigenvalue weighted by atomic mass is 9.90. The molecule has 126 valence electrons. The molecular formula is C18H21N3O3. The fraction of sp³-hybridized carbons (Fsp3) is 0.444. The first-order chi connectivity index (χ1) is 11.6. The van der Waals surface area contributed by atoms with Gasteiger partial charge >= 0.3 is 0 Å². The van der Waals surface area contributed by atoms with Gasteiger partial charge in [0.05, 0.1) is 11.6 Å². The molecule has 6 nitrogen and oxygen atoms in total. The standard InChI is InChI=1S/C18H21N3O3/c19-12-15(21-17(22)18(20)5-8-23-9-6-18)10-13-3-4-14-2-1-7-24-16(14)11-13/h1-4,11,15H,5-10,20H2,(H,21,22)/t15-/m0/s1. The number of hydrogen-bond donors (Lipinski definition) is 2. The summed E-state index contributed by atoms with van der Waals surface area (Å²) in [5.41, 5.74) is 7.17. The van der Waals surface area contributed by atoms with Crippen LogP contribution in [0, 0.1) is 11.3 Å². The van der Waals surface area contributed by atoms with E-state index in [1.165, 1.54) is 0 Å². The second-order valence-corrected chi connectivity index (χ2v) is 6.21. The Morgan fingerprint density at radius 3 is 2.96 bits per heavy atom. The Balaban J connectivity index is 1.66. The number of nitrogens with two attached hydrogens (primary N) is 1. The van der Waals surface area contributed by atoms with Gasteiger partial charge in [-0.05, 0) is 30.5 Å². The van der Waals surface area contributed by atoms with E-state index in [2.05, 4.69) is 11.4 Å². The van der Waals surface area contributed by atoms with Crippen LogP contribution in [0.4, 0.5) is 0 Å². The molecule has 1 atom stereocenters. The first-order valence-corrected chi connectivity index (χ1v) is 8.10. The van der Waals surface area contributed by atoms with E-state index in [9.17, 15) is 10.1 Å². The average Bonchev–Trinajstić information content (AvgIpc) is 2.61. The number of rotatable bonds is 4. The van der Waals surface area contributed by atoms with Crippen LogP contribution in [0.3, 0.4) is 0 Å². The smallest absolute Gasteiger partial charge is 0.241 e. The van der Waals surface area contributed by atoms with Gasteiger partial charge in [0.1, 0.15) is 18.4 Å². The Morgan fingerprint density at radius 2 is 2.21 bits per heavy atom. The van der Waals surface area contributed by atoms with Crippen LogP contribution in [0.1, 0.15) is 24.0 Å². The van der Waals surface area contributed by atoms with Crippen LogP contribution in [0.25, 0.3) is 6.08 Å². The molecule has 3 rings (SSSR count). The van der Waals surface area contributed by atoms with Crippen molar-refractivity contribution in [3.05, 3.63) is 35.4 Å². The largest absolute Gasteiger partial charge is 0.489 e. The zero-order valence-electron chi connectivity index (χ0n) is 13.5. The minimum Gasteiger partial charge on any atom is -0.489 e. The van der Waals surface area contributed by atoms with Crippen molar-refractivity contribution in [2.75, 3.05) is 19.8 Å². The Kier molecular flexibility index (Phi) is 4.84. The predicted molar refractivity (Wildman–Crippen MR) is 89.2 cm³/mol. The number of carbonyl (C=O) groups is 1. The van der Waals surface area contributed by atoms with Gasteiger partial charge in [0, 0.05) is 25.2 Å². The number of benzene rings is 1. The summed E-state index contributed by atoms with van der Waals surface area (Å²) in [5, 5.41) is 12.2. The number of nitrogens with zero attached hydrogens (tertiary/aromatic N) is 1. The summed E-state index contributed by atoms with van der Waals surface area (Å²) in [7, 11) is 0. The van der Waals surface area contributed by atoms with E-state index >= 15 is 0 Å². The van der Waals surface area contributed by atoms with Crippen molar-refractivity contribution < 1.29 is 14.3 Å². The number of ether oxygens (including phenoxy) is 2. The van der Waals surface area contributed by atoms with E-state index in [1.807, 2.05) is 30.4 Å². The SMILES string of the molecule is N#C[C@H](Cc1ccc2c(c1)OCC=C2)NC(=O)C1(N)CCOCC1. The molecule has 1 fully saturated rings.